The first-order valence-corrected chi connectivity index (χ1v) is 6.37. The Bertz CT molecular complexity index is 408. The van der Waals surface area contributed by atoms with Crippen molar-refractivity contribution in [1.29, 1.82) is 0 Å². The SMILES string of the molecule is CC1CCCCC1OC(=O)c1cnccc1Cl. The molecule has 1 aliphatic carbocycles. The van der Waals surface area contributed by atoms with Crippen molar-refractivity contribution in [1.82, 2.24) is 4.98 Å². The van der Waals surface area contributed by atoms with Gasteiger partial charge in [0.25, 0.3) is 0 Å². The van der Waals surface area contributed by atoms with Gasteiger partial charge < -0.3 is 4.74 Å². The van der Waals surface area contributed by atoms with Crippen molar-refractivity contribution in [2.45, 2.75) is 38.7 Å². The monoisotopic (exact) mass is 253 g/mol. The Morgan fingerprint density at radius 1 is 1.47 bits per heavy atom. The first-order valence-electron chi connectivity index (χ1n) is 5.99. The average Bonchev–Trinajstić information content (AvgIpc) is 2.32. The van der Waals surface area contributed by atoms with Gasteiger partial charge in [0.15, 0.2) is 0 Å². The van der Waals surface area contributed by atoms with E-state index in [9.17, 15) is 4.79 Å². The predicted octanol–water partition coefficient (Wildman–Crippen LogP) is 3.47. The number of halogens is 1. The molecule has 92 valence electrons. The highest BCUT2D eigenvalue weighted by Crippen LogP contribution is 2.27. The number of carbonyl (C=O) groups is 1. The molecule has 3 nitrogen and oxygen atoms in total. The van der Waals surface area contributed by atoms with Crippen LogP contribution in [0.15, 0.2) is 18.5 Å². The lowest BCUT2D eigenvalue weighted by atomic mass is 9.88. The molecule has 1 aliphatic rings. The summed E-state index contributed by atoms with van der Waals surface area (Å²) < 4.78 is 5.51. The van der Waals surface area contributed by atoms with Crippen molar-refractivity contribution in [3.8, 4) is 0 Å². The van der Waals surface area contributed by atoms with Gasteiger partial charge in [-0.3, -0.25) is 4.98 Å². The number of ether oxygens (including phenoxy) is 1. The molecular weight excluding hydrogens is 238 g/mol. The number of aromatic nitrogens is 1. The zero-order valence-corrected chi connectivity index (χ0v) is 10.6. The van der Waals surface area contributed by atoms with E-state index < -0.39 is 0 Å². The molecule has 0 aliphatic heterocycles. The average molecular weight is 254 g/mol. The van der Waals surface area contributed by atoms with E-state index in [1.807, 2.05) is 0 Å². The van der Waals surface area contributed by atoms with Gasteiger partial charge in [-0.05, 0) is 31.2 Å². The maximum absolute atomic E-state index is 11.9. The highest BCUT2D eigenvalue weighted by molar-refractivity contribution is 6.33. The van der Waals surface area contributed by atoms with Crippen LogP contribution in [0.1, 0.15) is 43.0 Å². The van der Waals surface area contributed by atoms with Gasteiger partial charge in [0.1, 0.15) is 6.10 Å². The fraction of sp³-hybridized carbons (Fsp3) is 0.538. The van der Waals surface area contributed by atoms with Crippen LogP contribution < -0.4 is 0 Å². The second-order valence-electron chi connectivity index (χ2n) is 4.56. The summed E-state index contributed by atoms with van der Waals surface area (Å²) in [6.45, 7) is 2.13. The molecule has 2 atom stereocenters. The maximum Gasteiger partial charge on any atom is 0.341 e. The second-order valence-corrected chi connectivity index (χ2v) is 4.97. The van der Waals surface area contributed by atoms with Gasteiger partial charge in [0, 0.05) is 12.4 Å². The molecule has 0 bridgehead atoms. The highest BCUT2D eigenvalue weighted by atomic mass is 35.5. The number of pyridine rings is 1. The van der Waals surface area contributed by atoms with Crippen LogP contribution in [0.5, 0.6) is 0 Å². The smallest absolute Gasteiger partial charge is 0.341 e. The minimum absolute atomic E-state index is 0.0209. The molecule has 0 N–H and O–H groups in total. The predicted molar refractivity (Wildman–Crippen MR) is 66.1 cm³/mol. The molecule has 0 aromatic carbocycles. The number of carbonyl (C=O) groups excluding carboxylic acids is 1. The van der Waals surface area contributed by atoms with E-state index in [2.05, 4.69) is 11.9 Å². The molecule has 2 unspecified atom stereocenters. The summed E-state index contributed by atoms with van der Waals surface area (Å²) in [4.78, 5) is 15.8. The maximum atomic E-state index is 11.9. The largest absolute Gasteiger partial charge is 0.458 e. The van der Waals surface area contributed by atoms with E-state index in [1.54, 1.807) is 12.3 Å². The molecule has 17 heavy (non-hydrogen) atoms. The molecule has 1 aromatic rings. The summed E-state index contributed by atoms with van der Waals surface area (Å²) in [5.41, 5.74) is 0.354. The third-order valence-corrected chi connectivity index (χ3v) is 3.61. The summed E-state index contributed by atoms with van der Waals surface area (Å²) >= 11 is 5.93. The summed E-state index contributed by atoms with van der Waals surface area (Å²) in [7, 11) is 0. The number of hydrogen-bond donors (Lipinski definition) is 0. The van der Waals surface area contributed by atoms with Crippen molar-refractivity contribution in [2.24, 2.45) is 5.92 Å². The van der Waals surface area contributed by atoms with Gasteiger partial charge in [-0.2, -0.15) is 0 Å². The van der Waals surface area contributed by atoms with Gasteiger partial charge in [-0.1, -0.05) is 24.9 Å². The van der Waals surface area contributed by atoms with E-state index in [4.69, 9.17) is 16.3 Å². The Morgan fingerprint density at radius 2 is 2.24 bits per heavy atom. The Kier molecular flexibility index (Phi) is 4.00. The number of nitrogens with zero attached hydrogens (tertiary/aromatic N) is 1. The van der Waals surface area contributed by atoms with Gasteiger partial charge in [-0.25, -0.2) is 4.79 Å². The molecule has 1 saturated carbocycles. The van der Waals surface area contributed by atoms with Crippen molar-refractivity contribution in [3.63, 3.8) is 0 Å². The topological polar surface area (TPSA) is 39.2 Å². The standard InChI is InChI=1S/C13H16ClNO2/c1-9-4-2-3-5-12(9)17-13(16)10-8-15-7-6-11(10)14/h6-9,12H,2-5H2,1H3. The molecule has 0 spiro atoms. The van der Waals surface area contributed by atoms with E-state index in [0.29, 0.717) is 16.5 Å². The molecule has 1 aromatic heterocycles. The highest BCUT2D eigenvalue weighted by Gasteiger charge is 2.26. The van der Waals surface area contributed by atoms with Gasteiger partial charge >= 0.3 is 5.97 Å². The van der Waals surface area contributed by atoms with Crippen LogP contribution in [0.2, 0.25) is 5.02 Å². The van der Waals surface area contributed by atoms with Gasteiger partial charge in [0.05, 0.1) is 10.6 Å². The quantitative estimate of drug-likeness (QED) is 0.758. The van der Waals surface area contributed by atoms with Crippen molar-refractivity contribution >= 4 is 17.6 Å². The summed E-state index contributed by atoms with van der Waals surface area (Å²) in [5, 5.41) is 0.397. The van der Waals surface area contributed by atoms with Crippen LogP contribution in [0, 0.1) is 5.92 Å². The van der Waals surface area contributed by atoms with Crippen molar-refractivity contribution in [3.05, 3.63) is 29.0 Å². The van der Waals surface area contributed by atoms with Crippen LogP contribution in [-0.2, 0) is 4.74 Å². The number of hydrogen-bond acceptors (Lipinski definition) is 3. The van der Waals surface area contributed by atoms with Crippen LogP contribution in [0.3, 0.4) is 0 Å². The summed E-state index contributed by atoms with van der Waals surface area (Å²) in [6, 6.07) is 1.60. The third kappa shape index (κ3) is 2.97. The zero-order chi connectivity index (χ0) is 12.3. The molecule has 2 rings (SSSR count). The fourth-order valence-corrected chi connectivity index (χ4v) is 2.37. The first-order chi connectivity index (χ1) is 8.18. The Hall–Kier alpha value is -1.09. The Morgan fingerprint density at radius 3 is 2.94 bits per heavy atom. The fourth-order valence-electron chi connectivity index (χ4n) is 2.19. The van der Waals surface area contributed by atoms with Crippen molar-refractivity contribution < 1.29 is 9.53 Å². The first kappa shape index (κ1) is 12.4. The lowest BCUT2D eigenvalue weighted by molar-refractivity contribution is 0.00479. The van der Waals surface area contributed by atoms with Crippen LogP contribution in [-0.4, -0.2) is 17.1 Å². The van der Waals surface area contributed by atoms with Gasteiger partial charge in [0.2, 0.25) is 0 Å². The zero-order valence-electron chi connectivity index (χ0n) is 9.86. The van der Waals surface area contributed by atoms with E-state index >= 15 is 0 Å². The van der Waals surface area contributed by atoms with Gasteiger partial charge in [-0.15, -0.1) is 0 Å². The molecular formula is C13H16ClNO2. The van der Waals surface area contributed by atoms with Crippen LogP contribution in [0.4, 0.5) is 0 Å². The van der Waals surface area contributed by atoms with E-state index in [1.165, 1.54) is 12.6 Å². The molecule has 1 fully saturated rings. The minimum Gasteiger partial charge on any atom is -0.458 e. The van der Waals surface area contributed by atoms with Crippen molar-refractivity contribution in [2.75, 3.05) is 0 Å². The normalized spacial score (nSPS) is 24.4. The minimum atomic E-state index is -0.359. The number of rotatable bonds is 2. The third-order valence-electron chi connectivity index (χ3n) is 3.28. The molecule has 0 saturated heterocycles. The van der Waals surface area contributed by atoms with E-state index in [0.717, 1.165) is 19.3 Å². The lowest BCUT2D eigenvalue weighted by Gasteiger charge is -2.28. The lowest BCUT2D eigenvalue weighted by Crippen LogP contribution is -2.28. The molecule has 4 heteroatoms. The van der Waals surface area contributed by atoms with E-state index in [-0.39, 0.29) is 12.1 Å². The molecule has 0 radical (unpaired) electrons. The second kappa shape index (κ2) is 5.50. The number of esters is 1. The Labute approximate surface area is 106 Å². The van der Waals surface area contributed by atoms with Crippen LogP contribution >= 0.6 is 11.6 Å². The van der Waals surface area contributed by atoms with Crippen LogP contribution in [0.25, 0.3) is 0 Å². The summed E-state index contributed by atoms with van der Waals surface area (Å²) in [5.74, 6) is 0.0741. The Balaban J connectivity index is 2.04. The molecule has 1 heterocycles. The summed E-state index contributed by atoms with van der Waals surface area (Å²) in [6.07, 6.45) is 7.46. The molecule has 0 amide bonds.